The number of carbonyl (C=O) groups is 1. The van der Waals surface area contributed by atoms with Gasteiger partial charge in [0, 0.05) is 0 Å². The Balaban J connectivity index is 2.41. The minimum absolute atomic E-state index is 0.195. The van der Waals surface area contributed by atoms with Gasteiger partial charge in [-0.3, -0.25) is 4.79 Å². The van der Waals surface area contributed by atoms with Crippen LogP contribution in [0.25, 0.3) is 6.08 Å². The molecule has 0 saturated heterocycles. The van der Waals surface area contributed by atoms with Gasteiger partial charge in [-0.15, -0.1) is 0 Å². The first-order valence-electron chi connectivity index (χ1n) is 5.41. The molecule has 0 heterocycles. The van der Waals surface area contributed by atoms with E-state index in [1.807, 2.05) is 63.3 Å². The van der Waals surface area contributed by atoms with E-state index < -0.39 is 5.60 Å². The number of benzene rings is 1. The molecule has 0 saturated carbocycles. The molecule has 2 heteroatoms. The summed E-state index contributed by atoms with van der Waals surface area (Å²) in [6.45, 7) is 5.60. The van der Waals surface area contributed by atoms with Crippen molar-refractivity contribution in [2.45, 2.75) is 32.8 Å². The molecular weight excluding hydrogens is 200 g/mol. The maximum absolute atomic E-state index is 11.4. The summed E-state index contributed by atoms with van der Waals surface area (Å²) in [5, 5.41) is 0. The van der Waals surface area contributed by atoms with Crippen LogP contribution in [-0.2, 0) is 9.53 Å². The molecule has 0 bridgehead atoms. The number of hydrogen-bond acceptors (Lipinski definition) is 2. The van der Waals surface area contributed by atoms with Crippen molar-refractivity contribution in [3.63, 3.8) is 0 Å². The van der Waals surface area contributed by atoms with Gasteiger partial charge in [-0.25, -0.2) is 0 Å². The summed E-state index contributed by atoms with van der Waals surface area (Å²) >= 11 is 0. The third-order valence-corrected chi connectivity index (χ3v) is 1.81. The number of esters is 1. The Bertz CT molecular complexity index is 358. The first-order chi connectivity index (χ1) is 7.47. The minimum Gasteiger partial charge on any atom is -0.460 e. The van der Waals surface area contributed by atoms with Crippen molar-refractivity contribution in [1.82, 2.24) is 0 Å². The molecule has 0 aliphatic rings. The van der Waals surface area contributed by atoms with Crippen molar-refractivity contribution >= 4 is 12.0 Å². The molecule has 0 radical (unpaired) electrons. The van der Waals surface area contributed by atoms with Crippen LogP contribution in [0.4, 0.5) is 0 Å². The first kappa shape index (κ1) is 12.5. The Morgan fingerprint density at radius 2 is 1.88 bits per heavy atom. The van der Waals surface area contributed by atoms with E-state index in [2.05, 4.69) is 0 Å². The van der Waals surface area contributed by atoms with Crippen LogP contribution in [0.1, 0.15) is 32.8 Å². The Labute approximate surface area is 96.9 Å². The Hall–Kier alpha value is -1.57. The van der Waals surface area contributed by atoms with Crippen LogP contribution in [0.3, 0.4) is 0 Å². The highest BCUT2D eigenvalue weighted by molar-refractivity contribution is 5.73. The zero-order valence-corrected chi connectivity index (χ0v) is 10.1. The highest BCUT2D eigenvalue weighted by Crippen LogP contribution is 2.09. The molecule has 0 atom stereocenters. The van der Waals surface area contributed by atoms with E-state index in [4.69, 9.17) is 4.74 Å². The lowest BCUT2D eigenvalue weighted by molar-refractivity contribution is -0.153. The molecule has 0 amide bonds. The molecule has 1 aromatic carbocycles. The van der Waals surface area contributed by atoms with Crippen LogP contribution in [0, 0.1) is 0 Å². The van der Waals surface area contributed by atoms with E-state index in [0.29, 0.717) is 6.42 Å². The molecule has 0 N–H and O–H groups in total. The monoisotopic (exact) mass is 218 g/mol. The quantitative estimate of drug-likeness (QED) is 0.726. The van der Waals surface area contributed by atoms with Crippen molar-refractivity contribution < 1.29 is 9.53 Å². The van der Waals surface area contributed by atoms with Crippen LogP contribution in [0.5, 0.6) is 0 Å². The van der Waals surface area contributed by atoms with E-state index in [-0.39, 0.29) is 5.97 Å². The molecule has 2 nitrogen and oxygen atoms in total. The van der Waals surface area contributed by atoms with Crippen molar-refractivity contribution in [1.29, 1.82) is 0 Å². The Kier molecular flexibility index (Phi) is 4.29. The fourth-order valence-corrected chi connectivity index (χ4v) is 1.24. The first-order valence-corrected chi connectivity index (χ1v) is 5.41. The maximum Gasteiger partial charge on any atom is 0.310 e. The van der Waals surface area contributed by atoms with E-state index in [1.165, 1.54) is 0 Å². The highest BCUT2D eigenvalue weighted by atomic mass is 16.6. The average molecular weight is 218 g/mol. The van der Waals surface area contributed by atoms with E-state index in [1.54, 1.807) is 0 Å². The maximum atomic E-state index is 11.4. The average Bonchev–Trinajstić information content (AvgIpc) is 2.16. The zero-order valence-electron chi connectivity index (χ0n) is 10.1. The van der Waals surface area contributed by atoms with Crippen LogP contribution in [0.15, 0.2) is 36.4 Å². The van der Waals surface area contributed by atoms with Gasteiger partial charge in [0.2, 0.25) is 0 Å². The largest absolute Gasteiger partial charge is 0.460 e. The van der Waals surface area contributed by atoms with Crippen molar-refractivity contribution in [3.8, 4) is 0 Å². The summed E-state index contributed by atoms with van der Waals surface area (Å²) in [6.07, 6.45) is 4.06. The molecule has 16 heavy (non-hydrogen) atoms. The van der Waals surface area contributed by atoms with Gasteiger partial charge >= 0.3 is 5.97 Å². The van der Waals surface area contributed by atoms with Gasteiger partial charge in [0.1, 0.15) is 5.60 Å². The van der Waals surface area contributed by atoms with Crippen molar-refractivity contribution in [2.24, 2.45) is 0 Å². The Morgan fingerprint density at radius 1 is 1.25 bits per heavy atom. The summed E-state index contributed by atoms with van der Waals surface area (Å²) in [5.74, 6) is -0.195. The molecule has 86 valence electrons. The topological polar surface area (TPSA) is 26.3 Å². The zero-order chi connectivity index (χ0) is 12.0. The molecule has 1 aromatic rings. The fourth-order valence-electron chi connectivity index (χ4n) is 1.24. The van der Waals surface area contributed by atoms with Gasteiger partial charge in [0.05, 0.1) is 6.42 Å². The molecule has 0 fully saturated rings. The SMILES string of the molecule is CC(C)(C)OC(=O)CC=Cc1ccccc1. The number of hydrogen-bond donors (Lipinski definition) is 0. The lowest BCUT2D eigenvalue weighted by Crippen LogP contribution is -2.23. The van der Waals surface area contributed by atoms with Gasteiger partial charge < -0.3 is 4.74 Å². The van der Waals surface area contributed by atoms with Gasteiger partial charge in [-0.05, 0) is 26.3 Å². The van der Waals surface area contributed by atoms with E-state index in [9.17, 15) is 4.79 Å². The normalized spacial score (nSPS) is 11.7. The summed E-state index contributed by atoms with van der Waals surface area (Å²) in [6, 6.07) is 9.88. The molecule has 0 aromatic heterocycles. The second-order valence-electron chi connectivity index (χ2n) is 4.60. The van der Waals surface area contributed by atoms with Crippen LogP contribution in [0.2, 0.25) is 0 Å². The number of carbonyl (C=O) groups excluding carboxylic acids is 1. The molecule has 0 aliphatic carbocycles. The molecule has 1 rings (SSSR count). The summed E-state index contributed by atoms with van der Waals surface area (Å²) < 4.78 is 5.19. The van der Waals surface area contributed by atoms with Gasteiger partial charge in [-0.1, -0.05) is 42.5 Å². The highest BCUT2D eigenvalue weighted by Gasteiger charge is 2.14. The Morgan fingerprint density at radius 3 is 2.44 bits per heavy atom. The summed E-state index contributed by atoms with van der Waals surface area (Å²) in [4.78, 5) is 11.4. The summed E-state index contributed by atoms with van der Waals surface area (Å²) in [5.41, 5.74) is 0.684. The standard InChI is InChI=1S/C14H18O2/c1-14(2,3)16-13(15)11-7-10-12-8-5-4-6-9-12/h4-10H,11H2,1-3H3. The third-order valence-electron chi connectivity index (χ3n) is 1.81. The van der Waals surface area contributed by atoms with E-state index in [0.717, 1.165) is 5.56 Å². The molecule has 0 unspecified atom stereocenters. The van der Waals surface area contributed by atoms with Crippen LogP contribution < -0.4 is 0 Å². The number of rotatable bonds is 3. The predicted molar refractivity (Wildman–Crippen MR) is 65.9 cm³/mol. The molecule has 0 spiro atoms. The molecular formula is C14H18O2. The van der Waals surface area contributed by atoms with E-state index >= 15 is 0 Å². The summed E-state index contributed by atoms with van der Waals surface area (Å²) in [7, 11) is 0. The second kappa shape index (κ2) is 5.50. The molecule has 0 aliphatic heterocycles. The second-order valence-corrected chi connectivity index (χ2v) is 4.60. The van der Waals surface area contributed by atoms with Gasteiger partial charge in [0.15, 0.2) is 0 Å². The van der Waals surface area contributed by atoms with Crippen LogP contribution >= 0.6 is 0 Å². The predicted octanol–water partition coefficient (Wildman–Crippen LogP) is 3.43. The minimum atomic E-state index is -0.405. The number of ether oxygens (including phenoxy) is 1. The van der Waals surface area contributed by atoms with Crippen LogP contribution in [-0.4, -0.2) is 11.6 Å². The van der Waals surface area contributed by atoms with Gasteiger partial charge in [-0.2, -0.15) is 0 Å². The van der Waals surface area contributed by atoms with Crippen molar-refractivity contribution in [2.75, 3.05) is 0 Å². The smallest absolute Gasteiger partial charge is 0.310 e. The lowest BCUT2D eigenvalue weighted by Gasteiger charge is -2.18. The fraction of sp³-hybridized carbons (Fsp3) is 0.357. The van der Waals surface area contributed by atoms with Gasteiger partial charge in [0.25, 0.3) is 0 Å². The lowest BCUT2D eigenvalue weighted by atomic mass is 10.2. The third kappa shape index (κ3) is 5.35. The van der Waals surface area contributed by atoms with Crippen molar-refractivity contribution in [3.05, 3.63) is 42.0 Å².